The van der Waals surface area contributed by atoms with Crippen molar-refractivity contribution < 1.29 is 34.5 Å². The molecule has 0 fully saturated rings. The van der Waals surface area contributed by atoms with Crippen molar-refractivity contribution in [3.63, 3.8) is 0 Å². The summed E-state index contributed by atoms with van der Waals surface area (Å²) < 4.78 is 0. The third kappa shape index (κ3) is 308. The zero-order valence-electron chi connectivity index (χ0n) is 10.1. The second-order valence-electron chi connectivity index (χ2n) is 3.87. The zero-order chi connectivity index (χ0) is 13.0. The van der Waals surface area contributed by atoms with E-state index in [2.05, 4.69) is 126 Å². The Morgan fingerprint density at radius 2 is 0.667 bits per heavy atom. The Bertz CT molecular complexity index is 67.1. The van der Waals surface area contributed by atoms with Crippen LogP contribution >= 0.6 is 52.6 Å². The quantitative estimate of drug-likeness (QED) is 0.123. The van der Waals surface area contributed by atoms with Crippen molar-refractivity contribution >= 4 is 52.6 Å². The van der Waals surface area contributed by atoms with Crippen LogP contribution in [-0.2, 0) is 34.5 Å². The minimum atomic E-state index is -0.889. The molecule has 0 aromatic heterocycles. The Morgan fingerprint density at radius 1 is 0.667 bits per heavy atom. The van der Waals surface area contributed by atoms with Gasteiger partial charge >= 0.3 is 72.5 Å². The van der Waals surface area contributed by atoms with Crippen molar-refractivity contribution in [1.82, 2.24) is 0 Å². The van der Waals surface area contributed by atoms with Gasteiger partial charge in [0.25, 0.3) is 0 Å². The summed E-state index contributed by atoms with van der Waals surface area (Å²) in [6.07, 6.45) is 0. The topological polar surface area (TPSA) is 0 Å². The standard InChI is InChI=1S/2C4H10P.CH3.2Au.2HI/c2*1-5(2,3)4;;;;;/h2*1-2H2,3-4H3;1H3;;;2*1H/q3*-1;2*+1;;/p-2. The summed E-state index contributed by atoms with van der Waals surface area (Å²) in [4.78, 5) is 0. The molecule has 0 nitrogen and oxygen atoms in total. The molecule has 0 amide bonds. The van der Waals surface area contributed by atoms with Crippen LogP contribution < -0.4 is 0 Å². The fraction of sp³-hybridized carbons (Fsp3) is 0.444. The van der Waals surface area contributed by atoms with E-state index < -0.39 is 14.5 Å². The van der Waals surface area contributed by atoms with Gasteiger partial charge in [-0.2, -0.15) is 0 Å². The second kappa shape index (κ2) is 20.1. The van der Waals surface area contributed by atoms with Crippen LogP contribution in [0.4, 0.5) is 0 Å². The van der Waals surface area contributed by atoms with Crippen LogP contribution in [-0.4, -0.2) is 26.7 Å². The molecule has 0 aliphatic heterocycles. The van der Waals surface area contributed by atoms with Crippen molar-refractivity contribution in [2.24, 2.45) is 0 Å². The molecule has 0 N–H and O–H groups in total. The Kier molecular flexibility index (Phi) is 42.0. The third-order valence-corrected chi connectivity index (χ3v) is 0. The molecule has 0 aliphatic rings. The van der Waals surface area contributed by atoms with Gasteiger partial charge in [0.1, 0.15) is 0 Å². The monoisotopic (exact) mass is 841 g/mol. The average Bonchev–Trinajstić information content (AvgIpc) is 1.88. The third-order valence-electron chi connectivity index (χ3n) is 0. The molecule has 0 radical (unpaired) electrons. The van der Waals surface area contributed by atoms with Gasteiger partial charge in [-0.25, -0.2) is 26.7 Å². The first-order valence-corrected chi connectivity index (χ1v) is 21.7. The number of hydrogen-bond acceptors (Lipinski definition) is 0. The minimum absolute atomic E-state index is 0. The molecular weight excluding hydrogens is 818 g/mol. The Hall–Kier alpha value is 3.80. The van der Waals surface area contributed by atoms with Gasteiger partial charge in [-0.15, -0.1) is 0 Å². The Balaban J connectivity index is -0.0000000318. The first-order valence-electron chi connectivity index (χ1n) is 3.28. The van der Waals surface area contributed by atoms with Crippen LogP contribution in [0.25, 0.3) is 0 Å². The van der Waals surface area contributed by atoms with E-state index in [1.54, 1.807) is 0 Å². The number of rotatable bonds is 0. The molecule has 0 aromatic carbocycles. The van der Waals surface area contributed by atoms with Crippen molar-refractivity contribution in [3.8, 4) is 0 Å². The predicted molar refractivity (Wildman–Crippen MR) is 93.4 cm³/mol. The molecule has 0 aliphatic carbocycles. The average molecular weight is 841 g/mol. The fourth-order valence-electron chi connectivity index (χ4n) is 0. The Morgan fingerprint density at radius 3 is 0.667 bits per heavy atom. The van der Waals surface area contributed by atoms with E-state index in [1.165, 1.54) is 0 Å². The maximum atomic E-state index is 3.77. The molecular formula is C9H23Au2I2P2-3. The molecule has 0 aromatic rings. The molecule has 108 valence electrons. The second-order valence-corrected chi connectivity index (χ2v) is 11.6. The van der Waals surface area contributed by atoms with Gasteiger partial charge in [0.05, 0.1) is 0 Å². The van der Waals surface area contributed by atoms with Gasteiger partial charge < -0.3 is 7.43 Å². The van der Waals surface area contributed by atoms with Gasteiger partial charge in [0.2, 0.25) is 0 Å². The van der Waals surface area contributed by atoms with Crippen LogP contribution in [0.2, 0.25) is 0 Å². The summed E-state index contributed by atoms with van der Waals surface area (Å²) in [7, 11) is -1.78. The zero-order valence-corrected chi connectivity index (χ0v) is 20.5. The fourth-order valence-corrected chi connectivity index (χ4v) is 0. The SMILES string of the molecule is [CH2-][P+]([CH2-])(C)C.[CH2-][P+]([CH2-])(C)C.[CH3-].[I][Au].[I][Au]. The van der Waals surface area contributed by atoms with Crippen molar-refractivity contribution in [2.75, 3.05) is 26.7 Å². The molecule has 6 heteroatoms. The molecule has 0 rings (SSSR count). The van der Waals surface area contributed by atoms with E-state index in [1.807, 2.05) is 0 Å². The van der Waals surface area contributed by atoms with Gasteiger partial charge in [-0.05, 0) is 26.7 Å². The summed E-state index contributed by atoms with van der Waals surface area (Å²) in [5, 5.41) is 0. The maximum absolute atomic E-state index is 3.77. The van der Waals surface area contributed by atoms with Crippen molar-refractivity contribution in [2.45, 2.75) is 0 Å². The number of hydrogen-bond donors (Lipinski definition) is 0. The predicted octanol–water partition coefficient (Wildman–Crippen LogP) is 5.91. The van der Waals surface area contributed by atoms with Gasteiger partial charge in [0.15, 0.2) is 0 Å². The van der Waals surface area contributed by atoms with Crippen LogP contribution in [0.3, 0.4) is 0 Å². The summed E-state index contributed by atoms with van der Waals surface area (Å²) in [5.41, 5.74) is 0. The molecule has 15 heavy (non-hydrogen) atoms. The first-order chi connectivity index (χ1) is 6.00. The molecule has 0 spiro atoms. The molecule has 0 saturated carbocycles. The molecule has 0 bridgehead atoms. The van der Waals surface area contributed by atoms with E-state index in [0.29, 0.717) is 0 Å². The van der Waals surface area contributed by atoms with E-state index >= 15 is 0 Å². The summed E-state index contributed by atoms with van der Waals surface area (Å²) in [6.45, 7) is 23.4. The van der Waals surface area contributed by atoms with E-state index in [9.17, 15) is 0 Å². The van der Waals surface area contributed by atoms with E-state index in [0.717, 1.165) is 0 Å². The molecule has 0 atom stereocenters. The van der Waals surface area contributed by atoms with Crippen molar-refractivity contribution in [1.29, 1.82) is 0 Å². The van der Waals surface area contributed by atoms with Crippen LogP contribution in [0, 0.1) is 34.1 Å². The van der Waals surface area contributed by atoms with Crippen LogP contribution in [0.5, 0.6) is 0 Å². The van der Waals surface area contributed by atoms with Gasteiger partial charge in [0, 0.05) is 0 Å². The van der Waals surface area contributed by atoms with Gasteiger partial charge in [-0.1, -0.05) is 0 Å². The normalized spacial score (nSPS) is 8.93. The van der Waals surface area contributed by atoms with Gasteiger partial charge in [-0.3, -0.25) is 14.5 Å². The number of halogens is 2. The first kappa shape index (κ1) is 31.3. The summed E-state index contributed by atoms with van der Waals surface area (Å²) >= 11 is 8.68. The summed E-state index contributed by atoms with van der Waals surface area (Å²) in [6, 6.07) is 0. The molecule has 0 saturated heterocycles. The Labute approximate surface area is 145 Å². The summed E-state index contributed by atoms with van der Waals surface area (Å²) in [5.74, 6) is 0. The van der Waals surface area contributed by atoms with E-state index in [4.69, 9.17) is 0 Å². The molecule has 0 unspecified atom stereocenters. The van der Waals surface area contributed by atoms with Crippen LogP contribution in [0.1, 0.15) is 0 Å². The van der Waals surface area contributed by atoms with E-state index in [-0.39, 0.29) is 7.43 Å². The van der Waals surface area contributed by atoms with Crippen molar-refractivity contribution in [3.05, 3.63) is 34.1 Å². The van der Waals surface area contributed by atoms with Crippen LogP contribution in [0.15, 0.2) is 0 Å². The molecule has 0 heterocycles.